The number of likely N-dealkylation sites (N-methyl/N-ethyl adjacent to an activating group) is 1. The fraction of sp³-hybridized carbons (Fsp3) is 0.250. The van der Waals surface area contributed by atoms with Crippen LogP contribution in [0.5, 0.6) is 0 Å². The quantitative estimate of drug-likeness (QED) is 0.912. The lowest BCUT2D eigenvalue weighted by Crippen LogP contribution is -2.39. The summed E-state index contributed by atoms with van der Waals surface area (Å²) in [6, 6.07) is 9.09. The van der Waals surface area contributed by atoms with Gasteiger partial charge in [-0.25, -0.2) is 0 Å². The number of nitrogens with one attached hydrogen (secondary N) is 1. The second kappa shape index (κ2) is 7.42. The van der Waals surface area contributed by atoms with E-state index in [0.717, 1.165) is 11.1 Å². The number of halogens is 1. The van der Waals surface area contributed by atoms with Crippen LogP contribution < -0.4 is 5.32 Å². The molecular formula is C16H17ClN2O2S. The summed E-state index contributed by atoms with van der Waals surface area (Å²) in [4.78, 5) is 24.8. The van der Waals surface area contributed by atoms with Crippen LogP contribution in [-0.2, 0) is 9.59 Å². The van der Waals surface area contributed by atoms with Crippen LogP contribution in [0, 0.1) is 0 Å². The van der Waals surface area contributed by atoms with Crippen molar-refractivity contribution in [2.75, 3.05) is 13.6 Å². The molecule has 6 heteroatoms. The van der Waals surface area contributed by atoms with E-state index >= 15 is 0 Å². The Labute approximate surface area is 138 Å². The molecule has 2 amide bonds. The van der Waals surface area contributed by atoms with Gasteiger partial charge in [-0.15, -0.1) is 0 Å². The molecule has 1 N–H and O–H groups in total. The summed E-state index contributed by atoms with van der Waals surface area (Å²) in [6.45, 7) is 1.46. The molecular weight excluding hydrogens is 320 g/mol. The van der Waals surface area contributed by atoms with Crippen LogP contribution in [0.2, 0.25) is 5.02 Å². The van der Waals surface area contributed by atoms with Gasteiger partial charge in [0, 0.05) is 19.0 Å². The first-order chi connectivity index (χ1) is 10.5. The maximum atomic E-state index is 12.2. The standard InChI is InChI=1S/C16H17ClN2O2S/c1-11(20)19(2)9-15(21)18-16(13-7-8-22-10-13)12-3-5-14(17)6-4-12/h3-8,10,16H,9H2,1-2H3,(H,18,21)/t16-/m0/s1. The molecule has 4 nitrogen and oxygen atoms in total. The van der Waals surface area contributed by atoms with Crippen molar-refractivity contribution in [1.29, 1.82) is 0 Å². The van der Waals surface area contributed by atoms with Crippen LogP contribution in [-0.4, -0.2) is 30.3 Å². The molecule has 1 aromatic heterocycles. The summed E-state index contributed by atoms with van der Waals surface area (Å²) in [5.41, 5.74) is 1.95. The molecule has 0 aliphatic carbocycles. The van der Waals surface area contributed by atoms with Crippen molar-refractivity contribution >= 4 is 34.8 Å². The van der Waals surface area contributed by atoms with E-state index in [2.05, 4.69) is 5.32 Å². The Kier molecular flexibility index (Phi) is 5.57. The average molecular weight is 337 g/mol. The molecule has 22 heavy (non-hydrogen) atoms. The van der Waals surface area contributed by atoms with Crippen LogP contribution in [0.3, 0.4) is 0 Å². The van der Waals surface area contributed by atoms with Gasteiger partial charge in [0.25, 0.3) is 0 Å². The summed E-state index contributed by atoms with van der Waals surface area (Å²) in [7, 11) is 1.60. The number of hydrogen-bond donors (Lipinski definition) is 1. The highest BCUT2D eigenvalue weighted by Crippen LogP contribution is 2.25. The molecule has 0 unspecified atom stereocenters. The Morgan fingerprint density at radius 1 is 1.23 bits per heavy atom. The zero-order valence-corrected chi connectivity index (χ0v) is 13.9. The van der Waals surface area contributed by atoms with Crippen molar-refractivity contribution in [2.45, 2.75) is 13.0 Å². The molecule has 1 heterocycles. The normalized spacial score (nSPS) is 11.8. The van der Waals surface area contributed by atoms with Crippen LogP contribution in [0.1, 0.15) is 24.1 Å². The monoisotopic (exact) mass is 336 g/mol. The molecule has 0 radical (unpaired) electrons. The molecule has 0 saturated heterocycles. The van der Waals surface area contributed by atoms with E-state index < -0.39 is 0 Å². The van der Waals surface area contributed by atoms with E-state index in [0.29, 0.717) is 5.02 Å². The Morgan fingerprint density at radius 2 is 1.91 bits per heavy atom. The van der Waals surface area contributed by atoms with Crippen molar-refractivity contribution in [1.82, 2.24) is 10.2 Å². The molecule has 2 rings (SSSR count). The summed E-state index contributed by atoms with van der Waals surface area (Å²) < 4.78 is 0. The Morgan fingerprint density at radius 3 is 2.45 bits per heavy atom. The van der Waals surface area contributed by atoms with Gasteiger partial charge in [0.15, 0.2) is 0 Å². The van der Waals surface area contributed by atoms with E-state index in [4.69, 9.17) is 11.6 Å². The number of hydrogen-bond acceptors (Lipinski definition) is 3. The second-order valence-corrected chi connectivity index (χ2v) is 6.20. The van der Waals surface area contributed by atoms with E-state index in [1.807, 2.05) is 29.0 Å². The van der Waals surface area contributed by atoms with Crippen LogP contribution in [0.15, 0.2) is 41.1 Å². The third-order valence-corrected chi connectivity index (χ3v) is 4.26. The number of amides is 2. The maximum absolute atomic E-state index is 12.2. The van der Waals surface area contributed by atoms with Gasteiger partial charge in [0.2, 0.25) is 11.8 Å². The number of nitrogens with zero attached hydrogens (tertiary/aromatic N) is 1. The molecule has 0 aliphatic rings. The molecule has 2 aromatic rings. The highest BCUT2D eigenvalue weighted by Gasteiger charge is 2.18. The molecule has 0 spiro atoms. The van der Waals surface area contributed by atoms with E-state index in [-0.39, 0.29) is 24.4 Å². The third kappa shape index (κ3) is 4.32. The molecule has 1 atom stereocenters. The lowest BCUT2D eigenvalue weighted by atomic mass is 10.0. The zero-order chi connectivity index (χ0) is 16.1. The van der Waals surface area contributed by atoms with Crippen molar-refractivity contribution in [3.63, 3.8) is 0 Å². The third-order valence-electron chi connectivity index (χ3n) is 3.30. The first-order valence-electron chi connectivity index (χ1n) is 6.76. The predicted octanol–water partition coefficient (Wildman–Crippen LogP) is 3.09. The van der Waals surface area contributed by atoms with Gasteiger partial charge in [-0.05, 0) is 40.1 Å². The average Bonchev–Trinajstić information content (AvgIpc) is 2.99. The number of carbonyl (C=O) groups excluding carboxylic acids is 2. The van der Waals surface area contributed by atoms with Gasteiger partial charge in [-0.1, -0.05) is 23.7 Å². The van der Waals surface area contributed by atoms with Gasteiger partial charge < -0.3 is 10.2 Å². The largest absolute Gasteiger partial charge is 0.344 e. The fourth-order valence-electron chi connectivity index (χ4n) is 1.99. The minimum absolute atomic E-state index is 0.0313. The number of carbonyl (C=O) groups is 2. The van der Waals surface area contributed by atoms with Crippen molar-refractivity contribution in [3.05, 3.63) is 57.2 Å². The van der Waals surface area contributed by atoms with E-state index in [1.165, 1.54) is 11.8 Å². The SMILES string of the molecule is CC(=O)N(C)CC(=O)N[C@@H](c1ccc(Cl)cc1)c1ccsc1. The smallest absolute Gasteiger partial charge is 0.240 e. The van der Waals surface area contributed by atoms with Gasteiger partial charge in [0.1, 0.15) is 0 Å². The maximum Gasteiger partial charge on any atom is 0.240 e. The minimum Gasteiger partial charge on any atom is -0.344 e. The lowest BCUT2D eigenvalue weighted by molar-refractivity contribution is -0.133. The van der Waals surface area contributed by atoms with E-state index in [1.54, 1.807) is 30.5 Å². The van der Waals surface area contributed by atoms with E-state index in [9.17, 15) is 9.59 Å². The number of thiophene rings is 1. The van der Waals surface area contributed by atoms with Crippen LogP contribution in [0.4, 0.5) is 0 Å². The van der Waals surface area contributed by atoms with Gasteiger partial charge in [-0.3, -0.25) is 9.59 Å². The summed E-state index contributed by atoms with van der Waals surface area (Å²) in [5, 5.41) is 7.58. The predicted molar refractivity (Wildman–Crippen MR) is 89.1 cm³/mol. The summed E-state index contributed by atoms with van der Waals surface area (Å²) in [6.07, 6.45) is 0. The Bertz CT molecular complexity index is 641. The highest BCUT2D eigenvalue weighted by atomic mass is 35.5. The summed E-state index contributed by atoms with van der Waals surface area (Å²) in [5.74, 6) is -0.349. The molecule has 0 saturated carbocycles. The second-order valence-electron chi connectivity index (χ2n) is 4.98. The zero-order valence-electron chi connectivity index (χ0n) is 12.4. The molecule has 1 aromatic carbocycles. The first kappa shape index (κ1) is 16.5. The van der Waals surface area contributed by atoms with Crippen molar-refractivity contribution in [2.24, 2.45) is 0 Å². The van der Waals surface area contributed by atoms with Crippen molar-refractivity contribution < 1.29 is 9.59 Å². The Balaban J connectivity index is 2.17. The first-order valence-corrected chi connectivity index (χ1v) is 8.08. The Hall–Kier alpha value is -1.85. The van der Waals surface area contributed by atoms with Crippen molar-refractivity contribution in [3.8, 4) is 0 Å². The van der Waals surface area contributed by atoms with Gasteiger partial charge in [0.05, 0.1) is 12.6 Å². The van der Waals surface area contributed by atoms with Gasteiger partial charge in [-0.2, -0.15) is 11.3 Å². The molecule has 0 bridgehead atoms. The van der Waals surface area contributed by atoms with Crippen LogP contribution >= 0.6 is 22.9 Å². The molecule has 116 valence electrons. The molecule has 0 fully saturated rings. The summed E-state index contributed by atoms with van der Waals surface area (Å²) >= 11 is 7.49. The minimum atomic E-state index is -0.253. The molecule has 0 aliphatic heterocycles. The fourth-order valence-corrected chi connectivity index (χ4v) is 2.80. The highest BCUT2D eigenvalue weighted by molar-refractivity contribution is 7.08. The lowest BCUT2D eigenvalue weighted by Gasteiger charge is -2.21. The number of benzene rings is 1. The number of rotatable bonds is 5. The van der Waals surface area contributed by atoms with Gasteiger partial charge >= 0.3 is 0 Å². The van der Waals surface area contributed by atoms with Crippen LogP contribution in [0.25, 0.3) is 0 Å². The topological polar surface area (TPSA) is 49.4 Å².